The fraction of sp³-hybridized carbons (Fsp3) is 0.350. The second-order valence-electron chi connectivity index (χ2n) is 6.77. The first kappa shape index (κ1) is 17.5. The van der Waals surface area contributed by atoms with E-state index in [9.17, 15) is 4.79 Å². The van der Waals surface area contributed by atoms with E-state index >= 15 is 0 Å². The molecule has 0 saturated carbocycles. The molecule has 1 aliphatic rings. The van der Waals surface area contributed by atoms with Gasteiger partial charge < -0.3 is 14.1 Å². The van der Waals surface area contributed by atoms with E-state index in [0.29, 0.717) is 37.6 Å². The Morgan fingerprint density at radius 2 is 2.04 bits per heavy atom. The maximum Gasteiger partial charge on any atom is 0.254 e. The topological polar surface area (TPSA) is 73.4 Å². The van der Waals surface area contributed by atoms with Crippen LogP contribution in [0.2, 0.25) is 0 Å². The number of fused-ring (bicyclic) bond motifs is 1. The molecule has 0 atom stereocenters. The van der Waals surface area contributed by atoms with Crippen LogP contribution in [0.5, 0.6) is 0 Å². The molecule has 0 bridgehead atoms. The zero-order valence-electron chi connectivity index (χ0n) is 15.7. The van der Waals surface area contributed by atoms with E-state index in [1.165, 1.54) is 0 Å². The summed E-state index contributed by atoms with van der Waals surface area (Å²) in [5.74, 6) is 1.41. The lowest BCUT2D eigenvalue weighted by Crippen LogP contribution is -2.35. The van der Waals surface area contributed by atoms with Crippen molar-refractivity contribution in [1.29, 1.82) is 0 Å². The van der Waals surface area contributed by atoms with Crippen molar-refractivity contribution in [3.8, 4) is 5.69 Å². The van der Waals surface area contributed by atoms with Gasteiger partial charge >= 0.3 is 0 Å². The van der Waals surface area contributed by atoms with Gasteiger partial charge in [-0.05, 0) is 44.2 Å². The third-order valence-electron chi connectivity index (χ3n) is 4.70. The number of rotatable bonds is 4. The summed E-state index contributed by atoms with van der Waals surface area (Å²) in [6.07, 6.45) is 0.668. The summed E-state index contributed by atoms with van der Waals surface area (Å²) in [6, 6.07) is 9.58. The molecule has 0 unspecified atom stereocenters. The number of amides is 1. The first-order valence-corrected chi connectivity index (χ1v) is 8.94. The van der Waals surface area contributed by atoms with Gasteiger partial charge in [0.25, 0.3) is 5.91 Å². The van der Waals surface area contributed by atoms with Crippen LogP contribution in [0.15, 0.2) is 34.7 Å². The lowest BCUT2D eigenvalue weighted by Gasteiger charge is -2.25. The molecule has 1 aromatic carbocycles. The van der Waals surface area contributed by atoms with Crippen molar-refractivity contribution in [3.63, 3.8) is 0 Å². The number of nitrogens with zero attached hydrogens (tertiary/aromatic N) is 4. The summed E-state index contributed by atoms with van der Waals surface area (Å²) in [6.45, 7) is 5.40. The molecule has 7 heteroatoms. The number of oxazole rings is 1. The molecular weight excluding hydrogens is 344 g/mol. The maximum atomic E-state index is 12.9. The lowest BCUT2D eigenvalue weighted by molar-refractivity contribution is 0.0727. The molecule has 3 heterocycles. The Bertz CT molecular complexity index is 972. The van der Waals surface area contributed by atoms with Crippen LogP contribution >= 0.6 is 0 Å². The SMILES string of the molecule is COCc1nc2c(o1)CCN(C(=O)c1ccc(-n3nc(C)cc3C)cc1)C2. The van der Waals surface area contributed by atoms with Gasteiger partial charge in [-0.1, -0.05) is 0 Å². The van der Waals surface area contributed by atoms with Crippen LogP contribution in [0.25, 0.3) is 5.69 Å². The Morgan fingerprint density at radius 1 is 1.26 bits per heavy atom. The first-order chi connectivity index (χ1) is 13.0. The standard InChI is InChI=1S/C20H22N4O3/c1-13-10-14(2)24(22-13)16-6-4-15(5-7-16)20(25)23-9-8-18-17(11-23)21-19(27-18)12-26-3/h4-7,10H,8-9,11-12H2,1-3H3. The average Bonchev–Trinajstić information content (AvgIpc) is 3.22. The van der Waals surface area contributed by atoms with Crippen molar-refractivity contribution in [2.24, 2.45) is 0 Å². The summed E-state index contributed by atoms with van der Waals surface area (Å²) < 4.78 is 12.6. The number of aryl methyl sites for hydroxylation is 2. The van der Waals surface area contributed by atoms with Crippen LogP contribution < -0.4 is 0 Å². The highest BCUT2D eigenvalue weighted by atomic mass is 16.5. The van der Waals surface area contributed by atoms with Crippen molar-refractivity contribution < 1.29 is 13.9 Å². The highest BCUT2D eigenvalue weighted by molar-refractivity contribution is 5.94. The van der Waals surface area contributed by atoms with Gasteiger partial charge in [0.15, 0.2) is 0 Å². The summed E-state index contributed by atoms with van der Waals surface area (Å²) in [5, 5.41) is 4.48. The monoisotopic (exact) mass is 366 g/mol. The number of ether oxygens (including phenoxy) is 1. The lowest BCUT2D eigenvalue weighted by atomic mass is 10.1. The highest BCUT2D eigenvalue weighted by Gasteiger charge is 2.26. The summed E-state index contributed by atoms with van der Waals surface area (Å²) in [4.78, 5) is 19.1. The molecule has 1 amide bonds. The number of hydrogen-bond acceptors (Lipinski definition) is 5. The van der Waals surface area contributed by atoms with Crippen LogP contribution in [-0.4, -0.2) is 39.2 Å². The highest BCUT2D eigenvalue weighted by Crippen LogP contribution is 2.22. The summed E-state index contributed by atoms with van der Waals surface area (Å²) >= 11 is 0. The van der Waals surface area contributed by atoms with Crippen molar-refractivity contribution in [2.45, 2.75) is 33.4 Å². The Balaban J connectivity index is 1.50. The van der Waals surface area contributed by atoms with Gasteiger partial charge in [0, 0.05) is 31.3 Å². The van der Waals surface area contributed by atoms with Crippen molar-refractivity contribution in [3.05, 3.63) is 64.6 Å². The van der Waals surface area contributed by atoms with Crippen molar-refractivity contribution in [2.75, 3.05) is 13.7 Å². The number of benzene rings is 1. The minimum Gasteiger partial charge on any atom is -0.443 e. The summed E-state index contributed by atoms with van der Waals surface area (Å²) in [7, 11) is 1.61. The van der Waals surface area contributed by atoms with Crippen LogP contribution in [0.1, 0.15) is 39.1 Å². The van der Waals surface area contributed by atoms with E-state index in [1.807, 2.05) is 48.9 Å². The van der Waals surface area contributed by atoms with Crippen molar-refractivity contribution in [1.82, 2.24) is 19.7 Å². The summed E-state index contributed by atoms with van der Waals surface area (Å²) in [5.41, 5.74) is 4.45. The quantitative estimate of drug-likeness (QED) is 0.710. The van der Waals surface area contributed by atoms with Gasteiger partial charge in [0.2, 0.25) is 5.89 Å². The molecule has 27 heavy (non-hydrogen) atoms. The predicted octanol–water partition coefficient (Wildman–Crippen LogP) is 2.82. The molecule has 0 N–H and O–H groups in total. The van der Waals surface area contributed by atoms with Gasteiger partial charge in [0.05, 0.1) is 17.9 Å². The number of carbonyl (C=O) groups is 1. The minimum atomic E-state index is -0.00291. The van der Waals surface area contributed by atoms with Crippen molar-refractivity contribution >= 4 is 5.91 Å². The van der Waals surface area contributed by atoms with E-state index in [-0.39, 0.29) is 5.91 Å². The maximum absolute atomic E-state index is 12.9. The molecule has 1 aliphatic heterocycles. The Morgan fingerprint density at radius 3 is 2.70 bits per heavy atom. The normalized spacial score (nSPS) is 13.7. The predicted molar refractivity (Wildman–Crippen MR) is 98.7 cm³/mol. The molecule has 0 radical (unpaired) electrons. The number of hydrogen-bond donors (Lipinski definition) is 0. The molecule has 7 nitrogen and oxygen atoms in total. The Kier molecular flexibility index (Phi) is 4.53. The van der Waals surface area contributed by atoms with Crippen LogP contribution in [0.3, 0.4) is 0 Å². The van der Waals surface area contributed by atoms with E-state index in [2.05, 4.69) is 10.1 Å². The van der Waals surface area contributed by atoms with Crippen LogP contribution in [0, 0.1) is 13.8 Å². The van der Waals surface area contributed by atoms with Gasteiger partial charge in [-0.3, -0.25) is 4.79 Å². The molecule has 0 aliphatic carbocycles. The molecular formula is C20H22N4O3. The third-order valence-corrected chi connectivity index (χ3v) is 4.70. The van der Waals surface area contributed by atoms with E-state index in [1.54, 1.807) is 12.0 Å². The fourth-order valence-electron chi connectivity index (χ4n) is 3.43. The van der Waals surface area contributed by atoms with E-state index in [0.717, 1.165) is 28.5 Å². The Hall–Kier alpha value is -2.93. The van der Waals surface area contributed by atoms with E-state index in [4.69, 9.17) is 9.15 Å². The minimum absolute atomic E-state index is 0.00291. The van der Waals surface area contributed by atoms with Crippen LogP contribution in [-0.2, 0) is 24.3 Å². The second-order valence-corrected chi connectivity index (χ2v) is 6.77. The van der Waals surface area contributed by atoms with Gasteiger partial charge in [-0.25, -0.2) is 9.67 Å². The second kappa shape index (κ2) is 7.00. The smallest absolute Gasteiger partial charge is 0.254 e. The zero-order valence-corrected chi connectivity index (χ0v) is 15.7. The van der Waals surface area contributed by atoms with Gasteiger partial charge in [-0.2, -0.15) is 5.10 Å². The molecule has 3 aromatic rings. The Labute approximate surface area is 157 Å². The molecule has 0 saturated heterocycles. The zero-order chi connectivity index (χ0) is 19.0. The number of methoxy groups -OCH3 is 1. The molecule has 4 rings (SSSR count). The average molecular weight is 366 g/mol. The molecule has 0 fully saturated rings. The first-order valence-electron chi connectivity index (χ1n) is 8.94. The third kappa shape index (κ3) is 3.38. The van der Waals surface area contributed by atoms with Gasteiger partial charge in [-0.15, -0.1) is 0 Å². The molecule has 2 aromatic heterocycles. The fourth-order valence-corrected chi connectivity index (χ4v) is 3.43. The molecule has 0 spiro atoms. The number of carbonyl (C=O) groups excluding carboxylic acids is 1. The molecule has 140 valence electrons. The van der Waals surface area contributed by atoms with E-state index < -0.39 is 0 Å². The number of aromatic nitrogens is 3. The largest absolute Gasteiger partial charge is 0.443 e. The van der Waals surface area contributed by atoms with Gasteiger partial charge in [0.1, 0.15) is 18.1 Å². The van der Waals surface area contributed by atoms with Crippen LogP contribution in [0.4, 0.5) is 0 Å².